The van der Waals surface area contributed by atoms with Crippen molar-refractivity contribution in [1.29, 1.82) is 0 Å². The van der Waals surface area contributed by atoms with E-state index in [1.165, 1.54) is 19.3 Å². The Kier molecular flexibility index (Phi) is 3.42. The maximum atomic E-state index is 10.3. The van der Waals surface area contributed by atoms with Gasteiger partial charge in [-0.2, -0.15) is 0 Å². The van der Waals surface area contributed by atoms with Gasteiger partial charge in [-0.15, -0.1) is 0 Å². The first kappa shape index (κ1) is 14.1. The quantitative estimate of drug-likeness (QED) is 0.879. The van der Waals surface area contributed by atoms with Crippen molar-refractivity contribution in [3.8, 4) is 0 Å². The Balaban J connectivity index is 1.67. The van der Waals surface area contributed by atoms with Gasteiger partial charge >= 0.3 is 0 Å². The molecule has 20 heavy (non-hydrogen) atoms. The summed E-state index contributed by atoms with van der Waals surface area (Å²) in [6.45, 7) is 7.87. The van der Waals surface area contributed by atoms with Crippen LogP contribution in [-0.4, -0.2) is 17.7 Å². The highest BCUT2D eigenvalue weighted by molar-refractivity contribution is 5.18. The SMILES string of the molecule is CC12CCC(C1)C(C)(C)C2NCC(O)c1ccccc1. The zero-order chi connectivity index (χ0) is 14.4. The van der Waals surface area contributed by atoms with Crippen molar-refractivity contribution in [2.24, 2.45) is 16.7 Å². The zero-order valence-electron chi connectivity index (χ0n) is 12.9. The maximum absolute atomic E-state index is 10.3. The van der Waals surface area contributed by atoms with Crippen molar-refractivity contribution in [2.45, 2.75) is 52.2 Å². The average Bonchev–Trinajstić information content (AvgIpc) is 2.90. The molecule has 0 saturated heterocycles. The van der Waals surface area contributed by atoms with Crippen molar-refractivity contribution < 1.29 is 5.11 Å². The Morgan fingerprint density at radius 1 is 1.25 bits per heavy atom. The topological polar surface area (TPSA) is 32.3 Å². The van der Waals surface area contributed by atoms with Gasteiger partial charge in [0.05, 0.1) is 6.10 Å². The lowest BCUT2D eigenvalue weighted by Crippen LogP contribution is -2.51. The van der Waals surface area contributed by atoms with E-state index in [1.54, 1.807) is 0 Å². The van der Waals surface area contributed by atoms with E-state index in [0.29, 0.717) is 23.4 Å². The molecule has 110 valence electrons. The first-order valence-corrected chi connectivity index (χ1v) is 7.90. The fourth-order valence-electron chi connectivity index (χ4n) is 4.83. The molecule has 0 heterocycles. The Morgan fingerprint density at radius 2 is 1.95 bits per heavy atom. The minimum absolute atomic E-state index is 0.351. The number of aliphatic hydroxyl groups excluding tert-OH is 1. The predicted molar refractivity (Wildman–Crippen MR) is 82.4 cm³/mol. The first-order valence-electron chi connectivity index (χ1n) is 7.90. The molecule has 0 aliphatic heterocycles. The molecule has 4 atom stereocenters. The highest BCUT2D eigenvalue weighted by atomic mass is 16.3. The van der Waals surface area contributed by atoms with Gasteiger partial charge in [-0.1, -0.05) is 51.1 Å². The van der Waals surface area contributed by atoms with E-state index in [2.05, 4.69) is 26.1 Å². The first-order chi connectivity index (χ1) is 9.43. The van der Waals surface area contributed by atoms with Crippen molar-refractivity contribution in [3.05, 3.63) is 35.9 Å². The van der Waals surface area contributed by atoms with Gasteiger partial charge in [0, 0.05) is 12.6 Å². The molecule has 0 aromatic heterocycles. The Bertz CT molecular complexity index is 465. The molecule has 2 nitrogen and oxygen atoms in total. The van der Waals surface area contributed by atoms with Crippen LogP contribution in [0, 0.1) is 16.7 Å². The third-order valence-corrected chi connectivity index (χ3v) is 5.97. The van der Waals surface area contributed by atoms with Crippen molar-refractivity contribution in [3.63, 3.8) is 0 Å². The Hall–Kier alpha value is -0.860. The van der Waals surface area contributed by atoms with Gasteiger partial charge in [-0.3, -0.25) is 0 Å². The fourth-order valence-corrected chi connectivity index (χ4v) is 4.83. The van der Waals surface area contributed by atoms with Gasteiger partial charge in [0.2, 0.25) is 0 Å². The van der Waals surface area contributed by atoms with Gasteiger partial charge in [0.15, 0.2) is 0 Å². The number of rotatable bonds is 4. The zero-order valence-corrected chi connectivity index (χ0v) is 12.9. The largest absolute Gasteiger partial charge is 0.387 e. The van der Waals surface area contributed by atoms with Crippen LogP contribution in [0.1, 0.15) is 51.7 Å². The third-order valence-electron chi connectivity index (χ3n) is 5.97. The van der Waals surface area contributed by atoms with Crippen LogP contribution < -0.4 is 5.32 Å². The Labute approximate surface area is 122 Å². The summed E-state index contributed by atoms with van der Waals surface area (Å²) in [5, 5.41) is 14.0. The molecule has 3 rings (SSSR count). The minimum atomic E-state index is -0.408. The lowest BCUT2D eigenvalue weighted by atomic mass is 9.68. The number of benzene rings is 1. The van der Waals surface area contributed by atoms with Crippen LogP contribution >= 0.6 is 0 Å². The van der Waals surface area contributed by atoms with Gasteiger partial charge in [-0.25, -0.2) is 0 Å². The standard InChI is InChI=1S/C18H27NO/c1-17(2)14-9-10-18(3,11-14)16(17)19-12-15(20)13-7-5-4-6-8-13/h4-8,14-16,19-20H,9-12H2,1-3H3. The molecule has 0 spiro atoms. The number of hydrogen-bond donors (Lipinski definition) is 2. The summed E-state index contributed by atoms with van der Waals surface area (Å²) in [5.74, 6) is 0.846. The number of fused-ring (bicyclic) bond motifs is 2. The summed E-state index contributed by atoms with van der Waals surface area (Å²) >= 11 is 0. The van der Waals surface area contributed by atoms with Crippen LogP contribution in [0.15, 0.2) is 30.3 Å². The molecule has 0 radical (unpaired) electrons. The molecule has 2 N–H and O–H groups in total. The smallest absolute Gasteiger partial charge is 0.0914 e. The van der Waals surface area contributed by atoms with E-state index in [0.717, 1.165) is 11.5 Å². The van der Waals surface area contributed by atoms with Crippen LogP contribution in [-0.2, 0) is 0 Å². The number of nitrogens with one attached hydrogen (secondary N) is 1. The van der Waals surface area contributed by atoms with Gasteiger partial charge in [-0.05, 0) is 41.6 Å². The maximum Gasteiger partial charge on any atom is 0.0914 e. The predicted octanol–water partition coefficient (Wildman–Crippen LogP) is 3.52. The van der Waals surface area contributed by atoms with E-state index in [-0.39, 0.29) is 0 Å². The molecule has 0 amide bonds. The second kappa shape index (κ2) is 4.85. The molecule has 2 fully saturated rings. The molecular weight excluding hydrogens is 246 g/mol. The number of hydrogen-bond acceptors (Lipinski definition) is 2. The summed E-state index contributed by atoms with van der Waals surface area (Å²) in [6.07, 6.45) is 3.65. The van der Waals surface area contributed by atoms with Crippen LogP contribution in [0.4, 0.5) is 0 Å². The second-order valence-corrected chi connectivity index (χ2v) is 7.68. The van der Waals surface area contributed by atoms with Gasteiger partial charge in [0.1, 0.15) is 0 Å². The summed E-state index contributed by atoms with van der Waals surface area (Å²) in [4.78, 5) is 0. The molecule has 1 aromatic rings. The normalized spacial score (nSPS) is 36.2. The molecular formula is C18H27NO. The number of aliphatic hydroxyl groups is 1. The molecule has 2 bridgehead atoms. The monoisotopic (exact) mass is 273 g/mol. The van der Waals surface area contributed by atoms with E-state index in [4.69, 9.17) is 0 Å². The molecule has 4 unspecified atom stereocenters. The fraction of sp³-hybridized carbons (Fsp3) is 0.667. The highest BCUT2D eigenvalue weighted by Crippen LogP contribution is 2.62. The summed E-state index contributed by atoms with van der Waals surface area (Å²) < 4.78 is 0. The van der Waals surface area contributed by atoms with Crippen molar-refractivity contribution in [1.82, 2.24) is 5.32 Å². The van der Waals surface area contributed by atoms with Gasteiger partial charge < -0.3 is 10.4 Å². The molecule has 2 aliphatic carbocycles. The van der Waals surface area contributed by atoms with Crippen LogP contribution in [0.2, 0.25) is 0 Å². The molecule has 1 aromatic carbocycles. The summed E-state index contributed by atoms with van der Waals surface area (Å²) in [7, 11) is 0. The van der Waals surface area contributed by atoms with Crippen LogP contribution in [0.5, 0.6) is 0 Å². The van der Waals surface area contributed by atoms with E-state index in [1.807, 2.05) is 30.3 Å². The van der Waals surface area contributed by atoms with Crippen molar-refractivity contribution >= 4 is 0 Å². The molecule has 2 saturated carbocycles. The lowest BCUT2D eigenvalue weighted by Gasteiger charge is -2.43. The minimum Gasteiger partial charge on any atom is -0.387 e. The van der Waals surface area contributed by atoms with Crippen LogP contribution in [0.25, 0.3) is 0 Å². The third kappa shape index (κ3) is 2.19. The molecule has 2 heteroatoms. The lowest BCUT2D eigenvalue weighted by molar-refractivity contribution is 0.0879. The van der Waals surface area contributed by atoms with Crippen LogP contribution in [0.3, 0.4) is 0 Å². The molecule has 2 aliphatic rings. The van der Waals surface area contributed by atoms with Gasteiger partial charge in [0.25, 0.3) is 0 Å². The Morgan fingerprint density at radius 3 is 2.55 bits per heavy atom. The van der Waals surface area contributed by atoms with E-state index >= 15 is 0 Å². The summed E-state index contributed by atoms with van der Waals surface area (Å²) in [6, 6.07) is 10.5. The highest BCUT2D eigenvalue weighted by Gasteiger charge is 2.58. The van der Waals surface area contributed by atoms with E-state index in [9.17, 15) is 5.11 Å². The van der Waals surface area contributed by atoms with E-state index < -0.39 is 6.10 Å². The summed E-state index contributed by atoms with van der Waals surface area (Å²) in [5.41, 5.74) is 1.78. The second-order valence-electron chi connectivity index (χ2n) is 7.68. The average molecular weight is 273 g/mol. The van der Waals surface area contributed by atoms with Crippen molar-refractivity contribution in [2.75, 3.05) is 6.54 Å².